The van der Waals surface area contributed by atoms with Crippen LogP contribution in [0.1, 0.15) is 18.4 Å². The Hall–Kier alpha value is -3.08. The van der Waals surface area contributed by atoms with E-state index in [1.54, 1.807) is 10.7 Å². The third-order valence-electron chi connectivity index (χ3n) is 4.17. The van der Waals surface area contributed by atoms with Crippen molar-refractivity contribution in [1.29, 1.82) is 5.26 Å². The fourth-order valence-electron chi connectivity index (χ4n) is 2.99. The van der Waals surface area contributed by atoms with Crippen molar-refractivity contribution in [2.45, 2.75) is 18.9 Å². The summed E-state index contributed by atoms with van der Waals surface area (Å²) in [5.74, 6) is 0. The summed E-state index contributed by atoms with van der Waals surface area (Å²) in [6.45, 7) is 1.77. The van der Waals surface area contributed by atoms with Gasteiger partial charge in [0.25, 0.3) is 5.69 Å². The third kappa shape index (κ3) is 3.30. The monoisotopic (exact) mass is 326 g/mol. The van der Waals surface area contributed by atoms with Gasteiger partial charge in [0, 0.05) is 44.5 Å². The fraction of sp³-hybridized carbons (Fsp3) is 0.375. The van der Waals surface area contributed by atoms with Gasteiger partial charge in [-0.25, -0.2) is 0 Å². The van der Waals surface area contributed by atoms with E-state index in [0.29, 0.717) is 11.3 Å². The number of rotatable bonds is 4. The van der Waals surface area contributed by atoms with Crippen LogP contribution >= 0.6 is 0 Å². The van der Waals surface area contributed by atoms with Crippen molar-refractivity contribution < 1.29 is 4.92 Å². The number of nitriles is 1. The molecule has 124 valence electrons. The maximum absolute atomic E-state index is 10.8. The van der Waals surface area contributed by atoms with Gasteiger partial charge in [-0.1, -0.05) is 0 Å². The van der Waals surface area contributed by atoms with E-state index < -0.39 is 4.92 Å². The van der Waals surface area contributed by atoms with Gasteiger partial charge in [0.15, 0.2) is 0 Å². The minimum Gasteiger partial charge on any atom is -0.379 e. The highest BCUT2D eigenvalue weighted by atomic mass is 16.6. The Bertz CT molecular complexity index is 794. The predicted octanol–water partition coefficient (Wildman–Crippen LogP) is 2.28. The normalized spacial score (nSPS) is 17.3. The molecule has 0 radical (unpaired) electrons. The van der Waals surface area contributed by atoms with Crippen molar-refractivity contribution in [2.75, 3.05) is 23.3 Å². The van der Waals surface area contributed by atoms with Crippen LogP contribution in [0.15, 0.2) is 30.6 Å². The van der Waals surface area contributed by atoms with Crippen LogP contribution in [0.4, 0.5) is 17.1 Å². The van der Waals surface area contributed by atoms with Crippen LogP contribution in [-0.4, -0.2) is 33.8 Å². The van der Waals surface area contributed by atoms with E-state index in [1.165, 1.54) is 12.1 Å². The summed E-state index contributed by atoms with van der Waals surface area (Å²) in [4.78, 5) is 12.6. The minimum absolute atomic E-state index is 0.0715. The Kier molecular flexibility index (Phi) is 4.33. The molecular weight excluding hydrogens is 308 g/mol. The summed E-state index contributed by atoms with van der Waals surface area (Å²) < 4.78 is 1.77. The molecule has 8 nitrogen and oxygen atoms in total. The zero-order chi connectivity index (χ0) is 17.1. The number of benzene rings is 1. The summed E-state index contributed by atoms with van der Waals surface area (Å²) in [5, 5.41) is 27.6. The SMILES string of the molecule is Cn1cc(N2CCC[C@H](Nc3ccc([N+](=O)[O-])cc3C#N)C2)cn1. The number of nitrogens with one attached hydrogen (secondary N) is 1. The molecule has 1 aliphatic heterocycles. The average Bonchev–Trinajstić information content (AvgIpc) is 3.02. The van der Waals surface area contributed by atoms with Gasteiger partial charge in [-0.2, -0.15) is 10.4 Å². The Labute approximate surface area is 139 Å². The van der Waals surface area contributed by atoms with Gasteiger partial charge in [0.2, 0.25) is 0 Å². The number of anilines is 2. The number of piperidine rings is 1. The number of nitro groups is 1. The molecule has 0 unspecified atom stereocenters. The first-order valence-corrected chi connectivity index (χ1v) is 7.75. The molecule has 2 heterocycles. The lowest BCUT2D eigenvalue weighted by Gasteiger charge is -2.34. The van der Waals surface area contributed by atoms with Crippen molar-refractivity contribution in [1.82, 2.24) is 9.78 Å². The number of non-ortho nitro benzene ring substituents is 1. The standard InChI is InChI=1S/C16H18N6O2/c1-20-11-15(9-18-20)21-6-2-3-13(10-21)19-16-5-4-14(22(23)24)7-12(16)8-17/h4-5,7,9,11,13,19H,2-3,6,10H2,1H3/t13-/m0/s1. The van der Waals surface area contributed by atoms with E-state index in [9.17, 15) is 15.4 Å². The molecule has 0 amide bonds. The predicted molar refractivity (Wildman–Crippen MR) is 89.9 cm³/mol. The van der Waals surface area contributed by atoms with Crippen molar-refractivity contribution in [3.8, 4) is 6.07 Å². The molecule has 0 bridgehead atoms. The van der Waals surface area contributed by atoms with E-state index in [-0.39, 0.29) is 11.7 Å². The van der Waals surface area contributed by atoms with E-state index in [1.807, 2.05) is 25.5 Å². The van der Waals surface area contributed by atoms with Crippen LogP contribution in [0.2, 0.25) is 0 Å². The Balaban J connectivity index is 1.74. The highest BCUT2D eigenvalue weighted by Crippen LogP contribution is 2.25. The lowest BCUT2D eigenvalue weighted by atomic mass is 10.0. The molecule has 24 heavy (non-hydrogen) atoms. The second-order valence-electron chi connectivity index (χ2n) is 5.90. The molecule has 1 fully saturated rings. The van der Waals surface area contributed by atoms with E-state index in [4.69, 9.17) is 0 Å². The maximum Gasteiger partial charge on any atom is 0.270 e. The van der Waals surface area contributed by atoms with Crippen LogP contribution in [0.25, 0.3) is 0 Å². The van der Waals surface area contributed by atoms with E-state index >= 15 is 0 Å². The topological polar surface area (TPSA) is 100 Å². The van der Waals surface area contributed by atoms with Gasteiger partial charge < -0.3 is 10.2 Å². The molecule has 0 spiro atoms. The lowest BCUT2D eigenvalue weighted by molar-refractivity contribution is -0.384. The smallest absolute Gasteiger partial charge is 0.270 e. The number of aromatic nitrogens is 2. The first-order chi connectivity index (χ1) is 11.6. The van der Waals surface area contributed by atoms with Gasteiger partial charge in [0.05, 0.1) is 28.1 Å². The molecule has 1 aromatic carbocycles. The quantitative estimate of drug-likeness (QED) is 0.683. The molecule has 2 aromatic rings. The second-order valence-corrected chi connectivity index (χ2v) is 5.90. The average molecular weight is 326 g/mol. The van der Waals surface area contributed by atoms with Crippen molar-refractivity contribution >= 4 is 17.1 Å². The van der Waals surface area contributed by atoms with Gasteiger partial charge in [-0.05, 0) is 18.9 Å². The first kappa shape index (κ1) is 15.8. The lowest BCUT2D eigenvalue weighted by Crippen LogP contribution is -2.42. The molecule has 0 aliphatic carbocycles. The van der Waals surface area contributed by atoms with Crippen LogP contribution < -0.4 is 10.2 Å². The van der Waals surface area contributed by atoms with Crippen molar-refractivity contribution in [3.63, 3.8) is 0 Å². The molecule has 1 N–H and O–H groups in total. The number of hydrogen-bond acceptors (Lipinski definition) is 6. The number of nitro benzene ring substituents is 1. The molecule has 1 atom stereocenters. The van der Waals surface area contributed by atoms with E-state index in [2.05, 4.69) is 15.3 Å². The molecule has 1 aliphatic rings. The summed E-state index contributed by atoms with van der Waals surface area (Å²) in [7, 11) is 1.89. The summed E-state index contributed by atoms with van der Waals surface area (Å²) in [6.07, 6.45) is 5.84. The summed E-state index contributed by atoms with van der Waals surface area (Å²) in [6, 6.07) is 6.55. The largest absolute Gasteiger partial charge is 0.379 e. The van der Waals surface area contributed by atoms with Crippen LogP contribution in [-0.2, 0) is 7.05 Å². The zero-order valence-electron chi connectivity index (χ0n) is 13.3. The molecule has 0 saturated carbocycles. The fourth-order valence-corrected chi connectivity index (χ4v) is 2.99. The molecular formula is C16H18N6O2. The highest BCUT2D eigenvalue weighted by Gasteiger charge is 2.22. The second kappa shape index (κ2) is 6.58. The van der Waals surface area contributed by atoms with Gasteiger partial charge >= 0.3 is 0 Å². The number of aryl methyl sites for hydroxylation is 1. The molecule has 1 saturated heterocycles. The summed E-state index contributed by atoms with van der Waals surface area (Å²) >= 11 is 0. The Morgan fingerprint density at radius 3 is 3.00 bits per heavy atom. The Morgan fingerprint density at radius 1 is 1.50 bits per heavy atom. The zero-order valence-corrected chi connectivity index (χ0v) is 13.3. The van der Waals surface area contributed by atoms with Gasteiger partial charge in [0.1, 0.15) is 6.07 Å². The van der Waals surface area contributed by atoms with Gasteiger partial charge in [-0.3, -0.25) is 14.8 Å². The van der Waals surface area contributed by atoms with Crippen molar-refractivity contribution in [3.05, 3.63) is 46.3 Å². The first-order valence-electron chi connectivity index (χ1n) is 7.75. The minimum atomic E-state index is -0.491. The third-order valence-corrected chi connectivity index (χ3v) is 4.17. The molecule has 1 aromatic heterocycles. The van der Waals surface area contributed by atoms with Crippen LogP contribution in [0.3, 0.4) is 0 Å². The van der Waals surface area contributed by atoms with Crippen LogP contribution in [0.5, 0.6) is 0 Å². The number of nitrogens with zero attached hydrogens (tertiary/aromatic N) is 5. The Morgan fingerprint density at radius 2 is 2.33 bits per heavy atom. The maximum atomic E-state index is 10.8. The highest BCUT2D eigenvalue weighted by molar-refractivity contribution is 5.62. The van der Waals surface area contributed by atoms with Gasteiger partial charge in [-0.15, -0.1) is 0 Å². The molecule has 8 heteroatoms. The van der Waals surface area contributed by atoms with E-state index in [0.717, 1.165) is 31.6 Å². The number of hydrogen-bond donors (Lipinski definition) is 1. The van der Waals surface area contributed by atoms with Crippen molar-refractivity contribution in [2.24, 2.45) is 7.05 Å². The van der Waals surface area contributed by atoms with Crippen LogP contribution in [0, 0.1) is 21.4 Å². The molecule has 3 rings (SSSR count). The summed E-state index contributed by atoms with van der Waals surface area (Å²) in [5.41, 5.74) is 1.94.